The molecular formula is C17H26F2N2. The fourth-order valence-electron chi connectivity index (χ4n) is 3.29. The Kier molecular flexibility index (Phi) is 4.99. The molecule has 1 fully saturated rings. The number of benzene rings is 1. The van der Waals surface area contributed by atoms with E-state index in [1.54, 1.807) is 6.07 Å². The summed E-state index contributed by atoms with van der Waals surface area (Å²) >= 11 is 0. The predicted molar refractivity (Wildman–Crippen MR) is 81.9 cm³/mol. The number of nitrogens with two attached hydrogens (primary N) is 1. The first-order valence-electron chi connectivity index (χ1n) is 7.72. The fourth-order valence-corrected chi connectivity index (χ4v) is 3.29. The lowest BCUT2D eigenvalue weighted by Crippen LogP contribution is -2.42. The molecule has 0 bridgehead atoms. The van der Waals surface area contributed by atoms with Crippen LogP contribution >= 0.6 is 0 Å². The van der Waals surface area contributed by atoms with Crippen LogP contribution < -0.4 is 5.73 Å². The van der Waals surface area contributed by atoms with E-state index in [0.717, 1.165) is 31.5 Å². The van der Waals surface area contributed by atoms with E-state index in [4.69, 9.17) is 5.73 Å². The molecule has 118 valence electrons. The quantitative estimate of drug-likeness (QED) is 0.921. The van der Waals surface area contributed by atoms with Gasteiger partial charge in [0.1, 0.15) is 0 Å². The molecule has 0 aliphatic carbocycles. The smallest absolute Gasteiger partial charge is 0.159 e. The Hall–Kier alpha value is -1.00. The Balaban J connectivity index is 2.07. The van der Waals surface area contributed by atoms with Crippen LogP contribution in [0.5, 0.6) is 0 Å². The van der Waals surface area contributed by atoms with Gasteiger partial charge in [0.15, 0.2) is 11.6 Å². The molecule has 1 aromatic carbocycles. The molecule has 1 saturated heterocycles. The first-order valence-corrected chi connectivity index (χ1v) is 7.72. The second kappa shape index (κ2) is 6.41. The summed E-state index contributed by atoms with van der Waals surface area (Å²) in [5.74, 6) is -0.895. The van der Waals surface area contributed by atoms with Crippen molar-refractivity contribution < 1.29 is 8.78 Å². The van der Waals surface area contributed by atoms with Crippen LogP contribution in [-0.4, -0.2) is 24.5 Å². The van der Waals surface area contributed by atoms with Gasteiger partial charge in [-0.25, -0.2) is 8.78 Å². The van der Waals surface area contributed by atoms with E-state index in [9.17, 15) is 8.78 Å². The van der Waals surface area contributed by atoms with Gasteiger partial charge in [-0.1, -0.05) is 26.8 Å². The van der Waals surface area contributed by atoms with Gasteiger partial charge in [-0.3, -0.25) is 4.90 Å². The molecule has 2 rings (SSSR count). The highest BCUT2D eigenvalue weighted by Crippen LogP contribution is 2.36. The number of rotatable bonds is 3. The van der Waals surface area contributed by atoms with E-state index in [-0.39, 0.29) is 6.04 Å². The van der Waals surface area contributed by atoms with Gasteiger partial charge in [-0.05, 0) is 55.0 Å². The molecule has 0 amide bonds. The fraction of sp³-hybridized carbons (Fsp3) is 0.647. The van der Waals surface area contributed by atoms with Crippen molar-refractivity contribution in [2.45, 2.75) is 39.7 Å². The maximum absolute atomic E-state index is 13.4. The summed E-state index contributed by atoms with van der Waals surface area (Å²) < 4.78 is 26.5. The van der Waals surface area contributed by atoms with Crippen LogP contribution in [0.25, 0.3) is 0 Å². The van der Waals surface area contributed by atoms with Crippen molar-refractivity contribution in [2.24, 2.45) is 17.1 Å². The van der Waals surface area contributed by atoms with Gasteiger partial charge in [-0.2, -0.15) is 0 Å². The second-order valence-electron chi connectivity index (χ2n) is 7.10. The molecule has 2 nitrogen and oxygen atoms in total. The summed E-state index contributed by atoms with van der Waals surface area (Å²) in [5, 5.41) is 0. The Labute approximate surface area is 126 Å². The maximum Gasteiger partial charge on any atom is 0.159 e. The van der Waals surface area contributed by atoms with Crippen molar-refractivity contribution >= 4 is 0 Å². The number of halogens is 2. The van der Waals surface area contributed by atoms with Crippen molar-refractivity contribution in [3.05, 3.63) is 35.4 Å². The SMILES string of the molecule is CC(C)(C)C1CCN(C(CN)c2ccc(F)c(F)c2)CC1. The first-order chi connectivity index (χ1) is 9.82. The van der Waals surface area contributed by atoms with E-state index in [1.807, 2.05) is 0 Å². The molecule has 1 aliphatic rings. The first kappa shape index (κ1) is 16.4. The van der Waals surface area contributed by atoms with E-state index < -0.39 is 11.6 Å². The second-order valence-corrected chi connectivity index (χ2v) is 7.10. The lowest BCUT2D eigenvalue weighted by atomic mass is 9.75. The molecule has 1 aromatic rings. The van der Waals surface area contributed by atoms with E-state index in [2.05, 4.69) is 25.7 Å². The molecule has 0 radical (unpaired) electrons. The number of likely N-dealkylation sites (tertiary alicyclic amines) is 1. The van der Waals surface area contributed by atoms with Gasteiger partial charge in [0.25, 0.3) is 0 Å². The monoisotopic (exact) mass is 296 g/mol. The van der Waals surface area contributed by atoms with Crippen LogP contribution in [0.4, 0.5) is 8.78 Å². The average Bonchev–Trinajstić information content (AvgIpc) is 2.43. The number of piperidine rings is 1. The van der Waals surface area contributed by atoms with Crippen LogP contribution in [-0.2, 0) is 0 Å². The molecule has 0 saturated carbocycles. The zero-order valence-electron chi connectivity index (χ0n) is 13.2. The highest BCUT2D eigenvalue weighted by Gasteiger charge is 2.31. The minimum atomic E-state index is -0.805. The standard InChI is InChI=1S/C17H26F2N2/c1-17(2,3)13-6-8-21(9-7-13)16(11-20)12-4-5-14(18)15(19)10-12/h4-5,10,13,16H,6-9,11,20H2,1-3H3. The topological polar surface area (TPSA) is 29.3 Å². The van der Waals surface area contributed by atoms with Gasteiger partial charge in [0.05, 0.1) is 0 Å². The molecule has 4 heteroatoms. The van der Waals surface area contributed by atoms with E-state index in [0.29, 0.717) is 17.9 Å². The average molecular weight is 296 g/mol. The Morgan fingerprint density at radius 2 is 1.81 bits per heavy atom. The minimum Gasteiger partial charge on any atom is -0.329 e. The van der Waals surface area contributed by atoms with Crippen molar-refractivity contribution in [2.75, 3.05) is 19.6 Å². The third kappa shape index (κ3) is 3.80. The molecular weight excluding hydrogens is 270 g/mol. The zero-order chi connectivity index (χ0) is 15.6. The lowest BCUT2D eigenvalue weighted by molar-refractivity contribution is 0.0845. The summed E-state index contributed by atoms with van der Waals surface area (Å²) in [6.45, 7) is 9.19. The summed E-state index contributed by atoms with van der Waals surface area (Å²) in [5.41, 5.74) is 6.98. The molecule has 21 heavy (non-hydrogen) atoms. The zero-order valence-corrected chi connectivity index (χ0v) is 13.2. The predicted octanol–water partition coefficient (Wildman–Crippen LogP) is 3.72. The molecule has 1 unspecified atom stereocenters. The van der Waals surface area contributed by atoms with Crippen LogP contribution in [0.3, 0.4) is 0 Å². The summed E-state index contributed by atoms with van der Waals surface area (Å²) in [6, 6.07) is 4.09. The van der Waals surface area contributed by atoms with Crippen LogP contribution in [0, 0.1) is 23.0 Å². The maximum atomic E-state index is 13.4. The molecule has 1 atom stereocenters. The molecule has 1 heterocycles. The number of hydrogen-bond acceptors (Lipinski definition) is 2. The molecule has 2 N–H and O–H groups in total. The van der Waals surface area contributed by atoms with Crippen LogP contribution in [0.1, 0.15) is 45.2 Å². The van der Waals surface area contributed by atoms with Crippen molar-refractivity contribution in [3.8, 4) is 0 Å². The highest BCUT2D eigenvalue weighted by molar-refractivity contribution is 5.22. The van der Waals surface area contributed by atoms with Gasteiger partial charge < -0.3 is 5.73 Å². The third-order valence-electron chi connectivity index (χ3n) is 4.75. The van der Waals surface area contributed by atoms with Gasteiger partial charge in [0.2, 0.25) is 0 Å². The van der Waals surface area contributed by atoms with Gasteiger partial charge in [0, 0.05) is 12.6 Å². The number of hydrogen-bond donors (Lipinski definition) is 1. The van der Waals surface area contributed by atoms with Crippen molar-refractivity contribution in [1.82, 2.24) is 4.90 Å². The van der Waals surface area contributed by atoms with Gasteiger partial charge >= 0.3 is 0 Å². The summed E-state index contributed by atoms with van der Waals surface area (Å²) in [4.78, 5) is 2.30. The Morgan fingerprint density at radius 3 is 2.29 bits per heavy atom. The normalized spacial score (nSPS) is 19.7. The van der Waals surface area contributed by atoms with Crippen LogP contribution in [0.2, 0.25) is 0 Å². The Morgan fingerprint density at radius 1 is 1.19 bits per heavy atom. The van der Waals surface area contributed by atoms with Crippen molar-refractivity contribution in [1.29, 1.82) is 0 Å². The van der Waals surface area contributed by atoms with Crippen molar-refractivity contribution in [3.63, 3.8) is 0 Å². The molecule has 0 spiro atoms. The summed E-state index contributed by atoms with van der Waals surface area (Å²) in [7, 11) is 0. The third-order valence-corrected chi connectivity index (χ3v) is 4.75. The minimum absolute atomic E-state index is 0.0268. The highest BCUT2D eigenvalue weighted by atomic mass is 19.2. The molecule has 0 aromatic heterocycles. The largest absolute Gasteiger partial charge is 0.329 e. The van der Waals surface area contributed by atoms with Crippen LogP contribution in [0.15, 0.2) is 18.2 Å². The van der Waals surface area contributed by atoms with E-state index in [1.165, 1.54) is 12.1 Å². The summed E-state index contributed by atoms with van der Waals surface area (Å²) in [6.07, 6.45) is 2.26. The van der Waals surface area contributed by atoms with E-state index >= 15 is 0 Å². The lowest BCUT2D eigenvalue weighted by Gasteiger charge is -2.41. The Bertz CT molecular complexity index is 474. The van der Waals surface area contributed by atoms with Gasteiger partial charge in [-0.15, -0.1) is 0 Å². The number of nitrogens with zero attached hydrogens (tertiary/aromatic N) is 1. The molecule has 1 aliphatic heterocycles.